The zero-order chi connectivity index (χ0) is 13.0. The first-order chi connectivity index (χ1) is 8.69. The van der Waals surface area contributed by atoms with Crippen molar-refractivity contribution < 1.29 is 5.11 Å². The summed E-state index contributed by atoms with van der Waals surface area (Å²) >= 11 is 0. The minimum absolute atomic E-state index is 0.346. The molecule has 1 unspecified atom stereocenters. The van der Waals surface area contributed by atoms with Crippen LogP contribution in [0.25, 0.3) is 0 Å². The molecule has 1 aromatic carbocycles. The molecular weight excluding hydrogens is 222 g/mol. The predicted molar refractivity (Wildman–Crippen MR) is 75.7 cm³/mol. The van der Waals surface area contributed by atoms with Crippen molar-refractivity contribution in [2.75, 3.05) is 6.54 Å². The van der Waals surface area contributed by atoms with Gasteiger partial charge in [0.1, 0.15) is 5.75 Å². The van der Waals surface area contributed by atoms with Crippen LogP contribution >= 0.6 is 0 Å². The topological polar surface area (TPSA) is 32.3 Å². The van der Waals surface area contributed by atoms with Gasteiger partial charge < -0.3 is 10.4 Å². The Labute approximate surface area is 110 Å². The van der Waals surface area contributed by atoms with E-state index in [1.54, 1.807) is 12.1 Å². The number of phenols is 1. The van der Waals surface area contributed by atoms with Gasteiger partial charge in [-0.25, -0.2) is 0 Å². The van der Waals surface area contributed by atoms with E-state index in [0.717, 1.165) is 13.0 Å². The van der Waals surface area contributed by atoms with Gasteiger partial charge in [-0.2, -0.15) is 0 Å². The largest absolute Gasteiger partial charge is 0.508 e. The molecule has 0 aromatic heterocycles. The van der Waals surface area contributed by atoms with Crippen molar-refractivity contribution in [3.63, 3.8) is 0 Å². The first-order valence-corrected chi connectivity index (χ1v) is 7.21. The highest BCUT2D eigenvalue weighted by Gasteiger charge is 2.41. The average molecular weight is 247 g/mol. The highest BCUT2D eigenvalue weighted by molar-refractivity contribution is 5.28. The second kappa shape index (κ2) is 5.75. The molecule has 0 amide bonds. The maximum atomic E-state index is 9.33. The molecule has 0 bridgehead atoms. The summed E-state index contributed by atoms with van der Waals surface area (Å²) in [6.45, 7) is 5.63. The molecule has 0 spiro atoms. The molecule has 100 valence electrons. The maximum Gasteiger partial charge on any atom is 0.115 e. The van der Waals surface area contributed by atoms with Crippen LogP contribution in [0.2, 0.25) is 0 Å². The molecule has 1 saturated carbocycles. The van der Waals surface area contributed by atoms with Gasteiger partial charge in [-0.1, -0.05) is 32.4 Å². The lowest BCUT2D eigenvalue weighted by Crippen LogP contribution is -2.28. The van der Waals surface area contributed by atoms with Crippen LogP contribution in [0.5, 0.6) is 5.75 Å². The van der Waals surface area contributed by atoms with Crippen molar-refractivity contribution in [2.24, 2.45) is 5.41 Å². The van der Waals surface area contributed by atoms with E-state index in [-0.39, 0.29) is 0 Å². The Kier molecular flexibility index (Phi) is 4.28. The van der Waals surface area contributed by atoms with Crippen LogP contribution in [0.3, 0.4) is 0 Å². The monoisotopic (exact) mass is 247 g/mol. The van der Waals surface area contributed by atoms with Crippen LogP contribution in [0.15, 0.2) is 24.3 Å². The van der Waals surface area contributed by atoms with Crippen molar-refractivity contribution >= 4 is 0 Å². The smallest absolute Gasteiger partial charge is 0.115 e. The molecule has 1 aliphatic rings. The van der Waals surface area contributed by atoms with Gasteiger partial charge in [0.2, 0.25) is 0 Å². The molecule has 18 heavy (non-hydrogen) atoms. The third-order valence-corrected chi connectivity index (χ3v) is 4.16. The average Bonchev–Trinajstić information content (AvgIpc) is 3.13. The number of hydrogen-bond acceptors (Lipinski definition) is 2. The summed E-state index contributed by atoms with van der Waals surface area (Å²) in [5.74, 6) is 0.346. The van der Waals surface area contributed by atoms with Crippen molar-refractivity contribution in [1.82, 2.24) is 5.32 Å². The van der Waals surface area contributed by atoms with Gasteiger partial charge in [0.15, 0.2) is 0 Å². The number of nitrogens with one attached hydrogen (secondary N) is 1. The third-order valence-electron chi connectivity index (χ3n) is 4.16. The molecule has 1 aliphatic carbocycles. The van der Waals surface area contributed by atoms with E-state index in [1.807, 2.05) is 12.1 Å². The number of benzene rings is 1. The lowest BCUT2D eigenvalue weighted by Gasteiger charge is -2.22. The summed E-state index contributed by atoms with van der Waals surface area (Å²) in [5, 5.41) is 13.0. The molecule has 1 atom stereocenters. The highest BCUT2D eigenvalue weighted by atomic mass is 16.3. The number of aromatic hydroxyl groups is 1. The minimum atomic E-state index is 0.346. The van der Waals surface area contributed by atoms with Crippen LogP contribution in [0.4, 0.5) is 0 Å². The Hall–Kier alpha value is -1.02. The summed E-state index contributed by atoms with van der Waals surface area (Å²) in [5.41, 5.74) is 1.88. The molecular formula is C16H25NO. The van der Waals surface area contributed by atoms with Crippen LogP contribution in [-0.2, 0) is 0 Å². The van der Waals surface area contributed by atoms with Crippen LogP contribution in [-0.4, -0.2) is 11.7 Å². The summed E-state index contributed by atoms with van der Waals surface area (Å²) < 4.78 is 0. The molecule has 2 rings (SSSR count). The van der Waals surface area contributed by atoms with E-state index in [1.165, 1.54) is 31.2 Å². The Bertz CT molecular complexity index is 367. The number of hydrogen-bond donors (Lipinski definition) is 2. The molecule has 0 radical (unpaired) electrons. The lowest BCUT2D eigenvalue weighted by molar-refractivity contribution is 0.383. The quantitative estimate of drug-likeness (QED) is 0.763. The normalized spacial score (nSPS) is 18.6. The second-order valence-electron chi connectivity index (χ2n) is 5.68. The Morgan fingerprint density at radius 3 is 2.39 bits per heavy atom. The van der Waals surface area contributed by atoms with E-state index >= 15 is 0 Å². The first kappa shape index (κ1) is 13.4. The summed E-state index contributed by atoms with van der Waals surface area (Å²) in [4.78, 5) is 0. The second-order valence-corrected chi connectivity index (χ2v) is 5.68. The van der Waals surface area contributed by atoms with Crippen molar-refractivity contribution in [3.8, 4) is 5.75 Å². The SMILES string of the molecule is CCCC1(CNC(CC)c2ccc(O)cc2)CC1. The molecule has 1 fully saturated rings. The van der Waals surface area contributed by atoms with Gasteiger partial charge in [-0.3, -0.25) is 0 Å². The van der Waals surface area contributed by atoms with E-state index in [9.17, 15) is 5.11 Å². The van der Waals surface area contributed by atoms with E-state index in [4.69, 9.17) is 0 Å². The fraction of sp³-hybridized carbons (Fsp3) is 0.625. The lowest BCUT2D eigenvalue weighted by atomic mass is 9.98. The zero-order valence-corrected chi connectivity index (χ0v) is 11.6. The van der Waals surface area contributed by atoms with Crippen molar-refractivity contribution in [1.29, 1.82) is 0 Å². The molecule has 2 heteroatoms. The summed E-state index contributed by atoms with van der Waals surface area (Å²) in [6.07, 6.45) is 6.51. The summed E-state index contributed by atoms with van der Waals surface area (Å²) in [6, 6.07) is 8.02. The van der Waals surface area contributed by atoms with Gasteiger partial charge in [-0.15, -0.1) is 0 Å². The first-order valence-electron chi connectivity index (χ1n) is 7.21. The van der Waals surface area contributed by atoms with Crippen molar-refractivity contribution in [3.05, 3.63) is 29.8 Å². The summed E-state index contributed by atoms with van der Waals surface area (Å²) in [7, 11) is 0. The predicted octanol–water partition coefficient (Wildman–Crippen LogP) is 4.01. The van der Waals surface area contributed by atoms with E-state index < -0.39 is 0 Å². The van der Waals surface area contributed by atoms with Gasteiger partial charge in [0.05, 0.1) is 0 Å². The number of rotatable bonds is 7. The van der Waals surface area contributed by atoms with Crippen LogP contribution in [0, 0.1) is 5.41 Å². The molecule has 0 saturated heterocycles. The fourth-order valence-corrected chi connectivity index (χ4v) is 2.77. The molecule has 2 nitrogen and oxygen atoms in total. The maximum absolute atomic E-state index is 9.33. The Morgan fingerprint density at radius 1 is 1.22 bits per heavy atom. The molecule has 2 N–H and O–H groups in total. The Morgan fingerprint density at radius 2 is 1.89 bits per heavy atom. The van der Waals surface area contributed by atoms with Gasteiger partial charge in [0, 0.05) is 12.6 Å². The highest BCUT2D eigenvalue weighted by Crippen LogP contribution is 2.49. The van der Waals surface area contributed by atoms with Crippen LogP contribution < -0.4 is 5.32 Å². The standard InChI is InChI=1S/C16H25NO/c1-3-9-16(10-11-16)12-17-15(4-2)13-5-7-14(18)8-6-13/h5-8,15,17-18H,3-4,9-12H2,1-2H3. The van der Waals surface area contributed by atoms with Crippen molar-refractivity contribution in [2.45, 2.75) is 52.0 Å². The fourth-order valence-electron chi connectivity index (χ4n) is 2.77. The molecule has 0 aliphatic heterocycles. The van der Waals surface area contributed by atoms with Gasteiger partial charge >= 0.3 is 0 Å². The van der Waals surface area contributed by atoms with E-state index in [2.05, 4.69) is 19.2 Å². The van der Waals surface area contributed by atoms with Gasteiger partial charge in [-0.05, 0) is 48.8 Å². The van der Waals surface area contributed by atoms with E-state index in [0.29, 0.717) is 17.2 Å². The molecule has 1 aromatic rings. The van der Waals surface area contributed by atoms with Gasteiger partial charge in [0.25, 0.3) is 0 Å². The molecule has 0 heterocycles. The minimum Gasteiger partial charge on any atom is -0.508 e. The Balaban J connectivity index is 1.91. The third kappa shape index (κ3) is 3.26. The van der Waals surface area contributed by atoms with Crippen LogP contribution in [0.1, 0.15) is 57.6 Å². The number of phenolic OH excluding ortho intramolecular Hbond substituents is 1. The zero-order valence-electron chi connectivity index (χ0n) is 11.6.